The van der Waals surface area contributed by atoms with Gasteiger partial charge in [0.05, 0.1) is 5.75 Å². The van der Waals surface area contributed by atoms with Crippen molar-refractivity contribution in [3.8, 4) is 0 Å². The zero-order chi connectivity index (χ0) is 16.7. The summed E-state index contributed by atoms with van der Waals surface area (Å²) < 4.78 is 2.16. The molecule has 1 fully saturated rings. The monoisotopic (exact) mass is 342 g/mol. The minimum Gasteiger partial charge on any atom is -0.308 e. The number of thioether (sulfide) groups is 1. The Morgan fingerprint density at radius 1 is 1.29 bits per heavy atom. The molecule has 0 bridgehead atoms. The largest absolute Gasteiger partial charge is 0.308 e. The Bertz CT molecular complexity index is 768. The lowest BCUT2D eigenvalue weighted by atomic mass is 10.1. The average Bonchev–Trinajstić information content (AvgIpc) is 3.25. The van der Waals surface area contributed by atoms with Crippen LogP contribution in [0.4, 0.5) is 5.69 Å². The van der Waals surface area contributed by atoms with Crippen molar-refractivity contribution < 1.29 is 4.79 Å². The van der Waals surface area contributed by atoms with Crippen LogP contribution in [0.5, 0.6) is 0 Å². The molecule has 1 saturated carbocycles. The average molecular weight is 342 g/mol. The van der Waals surface area contributed by atoms with Gasteiger partial charge in [-0.3, -0.25) is 4.79 Å². The molecule has 6 heteroatoms. The first-order valence-electron chi connectivity index (χ1n) is 8.65. The number of amides is 1. The maximum absolute atomic E-state index is 12.8. The Morgan fingerprint density at radius 2 is 2.08 bits per heavy atom. The molecule has 4 rings (SSSR count). The van der Waals surface area contributed by atoms with Gasteiger partial charge in [-0.2, -0.15) is 0 Å². The van der Waals surface area contributed by atoms with Crippen molar-refractivity contribution in [2.24, 2.45) is 0 Å². The number of nitrogens with zero attached hydrogens (tertiary/aromatic N) is 4. The van der Waals surface area contributed by atoms with Crippen molar-refractivity contribution in [2.45, 2.75) is 56.8 Å². The number of hydrogen-bond donors (Lipinski definition) is 0. The van der Waals surface area contributed by atoms with Gasteiger partial charge in [-0.15, -0.1) is 10.2 Å². The SMILES string of the molecule is CCn1c(SCC(=O)N2c3ccccc3CC2C)nnc1C1CC1. The van der Waals surface area contributed by atoms with Crippen molar-refractivity contribution in [3.05, 3.63) is 35.7 Å². The van der Waals surface area contributed by atoms with E-state index < -0.39 is 0 Å². The number of rotatable bonds is 5. The molecule has 0 N–H and O–H groups in total. The number of carbonyl (C=O) groups excluding carboxylic acids is 1. The molecule has 1 aliphatic carbocycles. The van der Waals surface area contributed by atoms with Gasteiger partial charge in [0, 0.05) is 24.2 Å². The molecule has 0 spiro atoms. The Labute approximate surface area is 146 Å². The third-order valence-corrected chi connectivity index (χ3v) is 5.76. The van der Waals surface area contributed by atoms with Crippen LogP contribution in [0.3, 0.4) is 0 Å². The van der Waals surface area contributed by atoms with E-state index in [0.29, 0.717) is 11.7 Å². The number of fused-ring (bicyclic) bond motifs is 1. The highest BCUT2D eigenvalue weighted by atomic mass is 32.2. The molecule has 1 aromatic carbocycles. The lowest BCUT2D eigenvalue weighted by Crippen LogP contribution is -2.37. The van der Waals surface area contributed by atoms with E-state index in [1.54, 1.807) is 0 Å². The molecular weight excluding hydrogens is 320 g/mol. The second-order valence-electron chi connectivity index (χ2n) is 6.59. The summed E-state index contributed by atoms with van der Waals surface area (Å²) in [7, 11) is 0. The van der Waals surface area contributed by atoms with Gasteiger partial charge in [0.15, 0.2) is 5.16 Å². The fourth-order valence-electron chi connectivity index (χ4n) is 3.49. The predicted octanol–water partition coefficient (Wildman–Crippen LogP) is 3.25. The van der Waals surface area contributed by atoms with Crippen molar-refractivity contribution >= 4 is 23.4 Å². The Hall–Kier alpha value is -1.82. The van der Waals surface area contributed by atoms with Crippen molar-refractivity contribution in [1.29, 1.82) is 0 Å². The van der Waals surface area contributed by atoms with Crippen LogP contribution in [0.2, 0.25) is 0 Å². The lowest BCUT2D eigenvalue weighted by molar-refractivity contribution is -0.116. The highest BCUT2D eigenvalue weighted by Gasteiger charge is 2.32. The number of aromatic nitrogens is 3. The maximum Gasteiger partial charge on any atom is 0.237 e. The molecule has 0 radical (unpaired) electrons. The van der Waals surface area contributed by atoms with Gasteiger partial charge in [0.2, 0.25) is 5.91 Å². The highest BCUT2D eigenvalue weighted by Crippen LogP contribution is 2.40. The number of anilines is 1. The second-order valence-corrected chi connectivity index (χ2v) is 7.54. The van der Waals surface area contributed by atoms with E-state index in [4.69, 9.17) is 0 Å². The molecule has 1 unspecified atom stereocenters. The minimum atomic E-state index is 0.149. The number of hydrogen-bond acceptors (Lipinski definition) is 4. The van der Waals surface area contributed by atoms with E-state index in [2.05, 4.69) is 34.7 Å². The molecule has 1 aliphatic heterocycles. The van der Waals surface area contributed by atoms with E-state index in [1.165, 1.54) is 30.2 Å². The molecular formula is C18H22N4OS. The summed E-state index contributed by atoms with van der Waals surface area (Å²) in [6, 6.07) is 8.42. The van der Waals surface area contributed by atoms with Gasteiger partial charge in [-0.25, -0.2) is 0 Å². The Balaban J connectivity index is 1.47. The Morgan fingerprint density at radius 3 is 2.83 bits per heavy atom. The molecule has 2 aliphatic rings. The summed E-state index contributed by atoms with van der Waals surface area (Å²) in [6.45, 7) is 5.08. The standard InChI is InChI=1S/C18H22N4OS/c1-3-21-17(13-8-9-13)19-20-18(21)24-11-16(23)22-12(2)10-14-6-4-5-7-15(14)22/h4-7,12-13H,3,8-11H2,1-2H3. The molecule has 24 heavy (non-hydrogen) atoms. The molecule has 5 nitrogen and oxygen atoms in total. The molecule has 126 valence electrons. The molecule has 2 aromatic rings. The summed E-state index contributed by atoms with van der Waals surface area (Å²) in [6.07, 6.45) is 3.36. The molecule has 1 aromatic heterocycles. The highest BCUT2D eigenvalue weighted by molar-refractivity contribution is 7.99. The van der Waals surface area contributed by atoms with Gasteiger partial charge in [0.25, 0.3) is 0 Å². The summed E-state index contributed by atoms with van der Waals surface area (Å²) in [5.74, 6) is 2.22. The van der Waals surface area contributed by atoms with Crippen LogP contribution in [-0.4, -0.2) is 32.5 Å². The first kappa shape index (κ1) is 15.7. The molecule has 1 atom stereocenters. The maximum atomic E-state index is 12.8. The van der Waals surface area contributed by atoms with Crippen LogP contribution in [0.1, 0.15) is 44.0 Å². The van der Waals surface area contributed by atoms with Crippen LogP contribution in [0, 0.1) is 0 Å². The third-order valence-electron chi connectivity index (χ3n) is 4.80. The number of carbonyl (C=O) groups is 1. The fourth-order valence-corrected chi connectivity index (χ4v) is 4.36. The third kappa shape index (κ3) is 2.73. The minimum absolute atomic E-state index is 0.149. The van der Waals surface area contributed by atoms with Crippen LogP contribution >= 0.6 is 11.8 Å². The van der Waals surface area contributed by atoms with Crippen LogP contribution < -0.4 is 4.90 Å². The van der Waals surface area contributed by atoms with Crippen LogP contribution in [-0.2, 0) is 17.8 Å². The van der Waals surface area contributed by atoms with E-state index in [1.807, 2.05) is 23.1 Å². The molecule has 2 heterocycles. The first-order chi connectivity index (χ1) is 11.7. The first-order valence-corrected chi connectivity index (χ1v) is 9.63. The Kier molecular flexibility index (Phi) is 4.08. The lowest BCUT2D eigenvalue weighted by Gasteiger charge is -2.22. The predicted molar refractivity (Wildman–Crippen MR) is 95.5 cm³/mol. The molecule has 0 saturated heterocycles. The van der Waals surface area contributed by atoms with Gasteiger partial charge in [-0.1, -0.05) is 30.0 Å². The van der Waals surface area contributed by atoms with Crippen molar-refractivity contribution in [3.63, 3.8) is 0 Å². The van der Waals surface area contributed by atoms with Crippen LogP contribution in [0.25, 0.3) is 0 Å². The van der Waals surface area contributed by atoms with Crippen LogP contribution in [0.15, 0.2) is 29.4 Å². The summed E-state index contributed by atoms with van der Waals surface area (Å²) >= 11 is 1.51. The normalized spacial score (nSPS) is 19.6. The quantitative estimate of drug-likeness (QED) is 0.783. The van der Waals surface area contributed by atoms with E-state index in [0.717, 1.165) is 29.6 Å². The number of benzene rings is 1. The van der Waals surface area contributed by atoms with E-state index in [9.17, 15) is 4.79 Å². The smallest absolute Gasteiger partial charge is 0.237 e. The topological polar surface area (TPSA) is 51.0 Å². The summed E-state index contributed by atoms with van der Waals surface area (Å²) in [5.41, 5.74) is 2.32. The van der Waals surface area contributed by atoms with Gasteiger partial charge >= 0.3 is 0 Å². The van der Waals surface area contributed by atoms with E-state index >= 15 is 0 Å². The van der Waals surface area contributed by atoms with Gasteiger partial charge in [0.1, 0.15) is 5.82 Å². The number of para-hydroxylation sites is 1. The zero-order valence-electron chi connectivity index (χ0n) is 14.1. The second kappa shape index (κ2) is 6.24. The molecule has 1 amide bonds. The van der Waals surface area contributed by atoms with E-state index in [-0.39, 0.29) is 11.9 Å². The van der Waals surface area contributed by atoms with Gasteiger partial charge in [-0.05, 0) is 44.7 Å². The van der Waals surface area contributed by atoms with Gasteiger partial charge < -0.3 is 9.47 Å². The van der Waals surface area contributed by atoms with Crippen molar-refractivity contribution in [1.82, 2.24) is 14.8 Å². The zero-order valence-corrected chi connectivity index (χ0v) is 14.9. The summed E-state index contributed by atoms with van der Waals surface area (Å²) in [4.78, 5) is 14.7. The van der Waals surface area contributed by atoms with Crippen molar-refractivity contribution in [2.75, 3.05) is 10.7 Å². The fraction of sp³-hybridized carbons (Fsp3) is 0.500. The summed E-state index contributed by atoms with van der Waals surface area (Å²) in [5, 5.41) is 9.53.